The molecule has 2 aromatic carbocycles. The lowest BCUT2D eigenvalue weighted by Gasteiger charge is -2.14. The number of quaternary nitrogens is 1. The Morgan fingerprint density at radius 3 is 2.62 bits per heavy atom. The summed E-state index contributed by atoms with van der Waals surface area (Å²) in [6.45, 7) is 3.67. The van der Waals surface area contributed by atoms with Gasteiger partial charge in [-0.05, 0) is 37.3 Å². The molecule has 138 valence electrons. The fourth-order valence-corrected chi connectivity index (χ4v) is 2.70. The lowest BCUT2D eigenvalue weighted by molar-refractivity contribution is -0.682. The van der Waals surface area contributed by atoms with Gasteiger partial charge in [0.15, 0.2) is 6.54 Å². The number of hydrogen-bond acceptors (Lipinski definition) is 3. The molecule has 0 heterocycles. The summed E-state index contributed by atoms with van der Waals surface area (Å²) in [5, 5.41) is 8.10. The van der Waals surface area contributed by atoms with E-state index in [1.54, 1.807) is 18.2 Å². The zero-order valence-corrected chi connectivity index (χ0v) is 15.8. The zero-order valence-electron chi connectivity index (χ0n) is 15.0. The van der Waals surface area contributed by atoms with E-state index in [0.29, 0.717) is 22.1 Å². The van der Waals surface area contributed by atoms with Crippen LogP contribution in [0.2, 0.25) is 5.02 Å². The van der Waals surface area contributed by atoms with Crippen molar-refractivity contribution in [3.05, 3.63) is 53.1 Å². The van der Waals surface area contributed by atoms with Crippen molar-refractivity contribution in [2.45, 2.75) is 19.9 Å². The molecule has 0 unspecified atom stereocenters. The van der Waals surface area contributed by atoms with Crippen LogP contribution < -0.4 is 20.7 Å². The van der Waals surface area contributed by atoms with E-state index in [2.05, 4.69) is 10.6 Å². The average molecular weight is 377 g/mol. The Bertz CT molecular complexity index is 795. The van der Waals surface area contributed by atoms with Gasteiger partial charge in [-0.2, -0.15) is 0 Å². The van der Waals surface area contributed by atoms with E-state index >= 15 is 0 Å². The van der Waals surface area contributed by atoms with E-state index in [1.807, 2.05) is 36.5 Å². The molecule has 0 saturated heterocycles. The van der Waals surface area contributed by atoms with Gasteiger partial charge < -0.3 is 20.7 Å². The number of anilines is 2. The fraction of sp³-hybridized carbons (Fsp3) is 0.263. The van der Waals surface area contributed by atoms with Gasteiger partial charge in [-0.15, -0.1) is 0 Å². The van der Waals surface area contributed by atoms with Crippen LogP contribution in [-0.4, -0.2) is 25.5 Å². The maximum atomic E-state index is 12.3. The molecular weight excluding hydrogens is 354 g/mol. The van der Waals surface area contributed by atoms with E-state index in [0.717, 1.165) is 5.56 Å². The van der Waals surface area contributed by atoms with Crippen molar-refractivity contribution in [3.8, 4) is 5.75 Å². The number of nitrogens with one attached hydrogen (secondary N) is 2. The Balaban J connectivity index is 1.99. The van der Waals surface area contributed by atoms with Gasteiger partial charge in [0.25, 0.3) is 5.91 Å². The summed E-state index contributed by atoms with van der Waals surface area (Å²) >= 11 is 6.01. The largest absolute Gasteiger partial charge is 0.495 e. The third-order valence-corrected chi connectivity index (χ3v) is 4.06. The van der Waals surface area contributed by atoms with Gasteiger partial charge >= 0.3 is 0 Å². The number of amides is 2. The maximum absolute atomic E-state index is 12.3. The first kappa shape index (κ1) is 19.8. The first-order chi connectivity index (χ1) is 12.4. The molecule has 2 aromatic rings. The number of carbonyl (C=O) groups is 2. The number of benzene rings is 2. The van der Waals surface area contributed by atoms with Gasteiger partial charge in [0.1, 0.15) is 11.8 Å². The topological polar surface area (TPSA) is 84.0 Å². The minimum atomic E-state index is -0.184. The van der Waals surface area contributed by atoms with E-state index in [-0.39, 0.29) is 24.4 Å². The molecule has 0 radical (unpaired) electrons. The van der Waals surface area contributed by atoms with Crippen LogP contribution in [0.1, 0.15) is 25.5 Å². The highest BCUT2D eigenvalue weighted by atomic mass is 35.5. The molecule has 0 aliphatic carbocycles. The van der Waals surface area contributed by atoms with E-state index in [4.69, 9.17) is 16.3 Å². The predicted octanol–water partition coefficient (Wildman–Crippen LogP) is 2.57. The maximum Gasteiger partial charge on any atom is 0.279 e. The van der Waals surface area contributed by atoms with Gasteiger partial charge in [0, 0.05) is 23.2 Å². The summed E-state index contributed by atoms with van der Waals surface area (Å²) in [5.74, 6) is 0.170. The molecule has 0 aromatic heterocycles. The third-order valence-electron chi connectivity index (χ3n) is 3.83. The highest BCUT2D eigenvalue weighted by Crippen LogP contribution is 2.27. The number of ether oxygens (including phenoxy) is 1. The summed E-state index contributed by atoms with van der Waals surface area (Å²) in [7, 11) is 1.52. The zero-order chi connectivity index (χ0) is 19.1. The molecule has 0 fully saturated rings. The molecule has 4 N–H and O–H groups in total. The average Bonchev–Trinajstić information content (AvgIpc) is 2.59. The Morgan fingerprint density at radius 1 is 1.19 bits per heavy atom. The SMILES string of the molecule is COc1ccc(NC(C)=O)cc1NC(=O)C[NH2+][C@H](C)c1cccc(Cl)c1. The smallest absolute Gasteiger partial charge is 0.279 e. The highest BCUT2D eigenvalue weighted by Gasteiger charge is 2.14. The molecule has 26 heavy (non-hydrogen) atoms. The summed E-state index contributed by atoms with van der Waals surface area (Å²) in [6, 6.07) is 12.7. The molecule has 2 amide bonds. The van der Waals surface area contributed by atoms with Crippen molar-refractivity contribution in [1.82, 2.24) is 0 Å². The lowest BCUT2D eigenvalue weighted by atomic mass is 10.1. The van der Waals surface area contributed by atoms with Crippen LogP contribution in [0.15, 0.2) is 42.5 Å². The summed E-state index contributed by atoms with van der Waals surface area (Å²) in [6.07, 6.45) is 0. The number of rotatable bonds is 7. The monoisotopic (exact) mass is 376 g/mol. The van der Waals surface area contributed by atoms with Crippen LogP contribution in [0.3, 0.4) is 0 Å². The van der Waals surface area contributed by atoms with E-state index < -0.39 is 0 Å². The second kappa shape index (κ2) is 9.22. The van der Waals surface area contributed by atoms with Crippen molar-refractivity contribution in [1.29, 1.82) is 0 Å². The molecule has 0 saturated carbocycles. The Morgan fingerprint density at radius 2 is 1.96 bits per heavy atom. The van der Waals surface area contributed by atoms with Crippen molar-refractivity contribution in [2.24, 2.45) is 0 Å². The lowest BCUT2D eigenvalue weighted by Crippen LogP contribution is -2.86. The van der Waals surface area contributed by atoms with Crippen LogP contribution in [0.5, 0.6) is 5.75 Å². The predicted molar refractivity (Wildman–Crippen MR) is 103 cm³/mol. The number of hydrogen-bond donors (Lipinski definition) is 3. The molecular formula is C19H23ClN3O3+. The van der Waals surface area contributed by atoms with Crippen LogP contribution in [0.25, 0.3) is 0 Å². The molecule has 6 nitrogen and oxygen atoms in total. The van der Waals surface area contributed by atoms with Crippen LogP contribution >= 0.6 is 11.6 Å². The number of nitrogens with two attached hydrogens (primary N) is 1. The van der Waals surface area contributed by atoms with E-state index in [1.165, 1.54) is 14.0 Å². The number of halogens is 1. The molecule has 1 atom stereocenters. The summed E-state index contributed by atoms with van der Waals surface area (Å²) in [4.78, 5) is 23.5. The van der Waals surface area contributed by atoms with Crippen molar-refractivity contribution in [2.75, 3.05) is 24.3 Å². The second-order valence-corrected chi connectivity index (χ2v) is 6.36. The molecule has 7 heteroatoms. The molecule has 0 aliphatic heterocycles. The van der Waals surface area contributed by atoms with Crippen molar-refractivity contribution < 1.29 is 19.6 Å². The number of carbonyl (C=O) groups excluding carboxylic acids is 2. The minimum Gasteiger partial charge on any atom is -0.495 e. The van der Waals surface area contributed by atoms with Gasteiger partial charge in [0.05, 0.1) is 12.8 Å². The second-order valence-electron chi connectivity index (χ2n) is 5.93. The van der Waals surface area contributed by atoms with Gasteiger partial charge in [-0.3, -0.25) is 9.59 Å². The first-order valence-corrected chi connectivity index (χ1v) is 8.61. The third kappa shape index (κ3) is 5.75. The summed E-state index contributed by atoms with van der Waals surface area (Å²) in [5.41, 5.74) is 2.15. The quantitative estimate of drug-likeness (QED) is 0.694. The van der Waals surface area contributed by atoms with Crippen molar-refractivity contribution in [3.63, 3.8) is 0 Å². The van der Waals surface area contributed by atoms with Crippen LogP contribution in [0.4, 0.5) is 11.4 Å². The standard InChI is InChI=1S/C19H22ClN3O3/c1-12(14-5-4-6-15(20)9-14)21-11-19(25)23-17-10-16(22-13(2)24)7-8-18(17)26-3/h4-10,12,21H,11H2,1-3H3,(H,22,24)(H,23,25)/p+1/t12-/m1/s1. The molecule has 0 bridgehead atoms. The molecule has 0 spiro atoms. The first-order valence-electron chi connectivity index (χ1n) is 8.23. The van der Waals surface area contributed by atoms with Crippen LogP contribution in [-0.2, 0) is 9.59 Å². The van der Waals surface area contributed by atoms with Crippen LogP contribution in [0, 0.1) is 0 Å². The Labute approximate surface area is 157 Å². The highest BCUT2D eigenvalue weighted by molar-refractivity contribution is 6.30. The van der Waals surface area contributed by atoms with Gasteiger partial charge in [0.2, 0.25) is 5.91 Å². The summed E-state index contributed by atoms with van der Waals surface area (Å²) < 4.78 is 5.26. The fourth-order valence-electron chi connectivity index (χ4n) is 2.50. The van der Waals surface area contributed by atoms with Gasteiger partial charge in [-0.25, -0.2) is 0 Å². The van der Waals surface area contributed by atoms with E-state index in [9.17, 15) is 9.59 Å². The normalized spacial score (nSPS) is 11.5. The van der Waals surface area contributed by atoms with Crippen molar-refractivity contribution >= 4 is 34.8 Å². The minimum absolute atomic E-state index is 0.0899. The molecule has 2 rings (SSSR count). The Hall–Kier alpha value is -2.57. The molecule has 0 aliphatic rings. The van der Waals surface area contributed by atoms with Gasteiger partial charge in [-0.1, -0.05) is 23.7 Å². The number of methoxy groups -OCH3 is 1. The Kier molecular flexibility index (Phi) is 7.00.